The van der Waals surface area contributed by atoms with E-state index < -0.39 is 6.04 Å². The van der Waals surface area contributed by atoms with Gasteiger partial charge in [-0.1, -0.05) is 18.2 Å². The van der Waals surface area contributed by atoms with Crippen LogP contribution in [0.1, 0.15) is 25.3 Å². The van der Waals surface area contributed by atoms with Gasteiger partial charge >= 0.3 is 6.03 Å². The Kier molecular flexibility index (Phi) is 5.93. The summed E-state index contributed by atoms with van der Waals surface area (Å²) in [6.07, 6.45) is 1.38. The lowest BCUT2D eigenvalue weighted by atomic mass is 10.2. The molecule has 1 fully saturated rings. The summed E-state index contributed by atoms with van der Waals surface area (Å²) in [6.45, 7) is 3.91. The van der Waals surface area contributed by atoms with E-state index in [0.717, 1.165) is 12.0 Å². The van der Waals surface area contributed by atoms with Gasteiger partial charge in [0.2, 0.25) is 11.8 Å². The fourth-order valence-corrected chi connectivity index (χ4v) is 3.30. The van der Waals surface area contributed by atoms with Gasteiger partial charge < -0.3 is 20.9 Å². The molecule has 7 heteroatoms. The van der Waals surface area contributed by atoms with Crippen LogP contribution in [-0.2, 0) is 9.59 Å². The second-order valence-electron chi connectivity index (χ2n) is 6.90. The van der Waals surface area contributed by atoms with Crippen molar-refractivity contribution in [1.82, 2.24) is 4.90 Å². The normalized spacial score (nSPS) is 15.8. The zero-order valence-corrected chi connectivity index (χ0v) is 16.0. The van der Waals surface area contributed by atoms with E-state index in [1.54, 1.807) is 29.2 Å². The molecule has 3 rings (SSSR count). The van der Waals surface area contributed by atoms with Gasteiger partial charge in [0.05, 0.1) is 0 Å². The number of carbonyl (C=O) groups excluding carboxylic acids is 3. The van der Waals surface area contributed by atoms with Gasteiger partial charge in [0.1, 0.15) is 6.04 Å². The van der Waals surface area contributed by atoms with Crippen LogP contribution in [0.2, 0.25) is 0 Å². The summed E-state index contributed by atoms with van der Waals surface area (Å²) in [4.78, 5) is 38.2. The molecule has 1 heterocycles. The number of hydrogen-bond donors (Lipinski definition) is 3. The summed E-state index contributed by atoms with van der Waals surface area (Å²) in [5.41, 5.74) is 2.93. The van der Waals surface area contributed by atoms with Gasteiger partial charge in [-0.15, -0.1) is 0 Å². The zero-order valence-electron chi connectivity index (χ0n) is 16.0. The van der Waals surface area contributed by atoms with Gasteiger partial charge in [0.25, 0.3) is 0 Å². The number of aryl methyl sites for hydroxylation is 1. The molecular formula is C21H24N4O3. The Bertz CT molecular complexity index is 897. The van der Waals surface area contributed by atoms with Crippen LogP contribution in [0.4, 0.5) is 21.9 Å². The lowest BCUT2D eigenvalue weighted by Crippen LogP contribution is -2.45. The predicted octanol–water partition coefficient (Wildman–Crippen LogP) is 3.59. The number of benzene rings is 2. The summed E-state index contributed by atoms with van der Waals surface area (Å²) < 4.78 is 0. The molecule has 7 nitrogen and oxygen atoms in total. The van der Waals surface area contributed by atoms with E-state index >= 15 is 0 Å². The van der Waals surface area contributed by atoms with Crippen molar-refractivity contribution in [3.63, 3.8) is 0 Å². The van der Waals surface area contributed by atoms with E-state index in [-0.39, 0.29) is 17.8 Å². The molecular weight excluding hydrogens is 356 g/mol. The number of likely N-dealkylation sites (tertiary alicyclic amines) is 1. The van der Waals surface area contributed by atoms with Gasteiger partial charge in [0, 0.05) is 30.5 Å². The Morgan fingerprint density at radius 1 is 0.929 bits per heavy atom. The average molecular weight is 380 g/mol. The Hall–Kier alpha value is -3.35. The Balaban J connectivity index is 1.66. The molecule has 0 bridgehead atoms. The molecule has 2 aromatic carbocycles. The minimum Gasteiger partial charge on any atom is -0.326 e. The molecule has 1 saturated heterocycles. The van der Waals surface area contributed by atoms with Gasteiger partial charge in [-0.25, -0.2) is 4.79 Å². The lowest BCUT2D eigenvalue weighted by molar-refractivity contribution is -0.119. The first-order valence-electron chi connectivity index (χ1n) is 9.25. The van der Waals surface area contributed by atoms with Crippen molar-refractivity contribution in [2.24, 2.45) is 0 Å². The maximum absolute atomic E-state index is 12.7. The number of hydrogen-bond acceptors (Lipinski definition) is 3. The van der Waals surface area contributed by atoms with Gasteiger partial charge in [-0.05, 0) is 55.7 Å². The first-order valence-corrected chi connectivity index (χ1v) is 9.25. The molecule has 1 aliphatic heterocycles. The first kappa shape index (κ1) is 19.4. The number of nitrogens with zero attached hydrogens (tertiary/aromatic N) is 1. The fourth-order valence-electron chi connectivity index (χ4n) is 3.30. The molecule has 3 N–H and O–H groups in total. The van der Waals surface area contributed by atoms with Crippen molar-refractivity contribution in [3.05, 3.63) is 54.1 Å². The fraction of sp³-hybridized carbons (Fsp3) is 0.286. The summed E-state index contributed by atoms with van der Waals surface area (Å²) >= 11 is 0. The Morgan fingerprint density at radius 2 is 1.57 bits per heavy atom. The maximum atomic E-state index is 12.7. The molecule has 146 valence electrons. The molecule has 2 aromatic rings. The minimum atomic E-state index is -0.533. The highest BCUT2D eigenvalue weighted by Crippen LogP contribution is 2.22. The summed E-state index contributed by atoms with van der Waals surface area (Å²) in [5.74, 6) is -0.421. The first-order chi connectivity index (χ1) is 13.4. The highest BCUT2D eigenvalue weighted by Gasteiger charge is 2.34. The van der Waals surface area contributed by atoms with Gasteiger partial charge in [-0.3, -0.25) is 9.59 Å². The average Bonchev–Trinajstić information content (AvgIpc) is 3.11. The molecule has 1 atom stereocenters. The third-order valence-electron chi connectivity index (χ3n) is 4.54. The number of urea groups is 1. The minimum absolute atomic E-state index is 0.182. The molecule has 0 spiro atoms. The van der Waals surface area contributed by atoms with E-state index in [9.17, 15) is 14.4 Å². The van der Waals surface area contributed by atoms with Crippen LogP contribution in [0.3, 0.4) is 0 Å². The number of carbonyl (C=O) groups is 3. The second kappa shape index (κ2) is 8.56. The van der Waals surface area contributed by atoms with E-state index in [2.05, 4.69) is 16.0 Å². The summed E-state index contributed by atoms with van der Waals surface area (Å²) in [7, 11) is 0. The second-order valence-corrected chi connectivity index (χ2v) is 6.90. The van der Waals surface area contributed by atoms with Crippen LogP contribution < -0.4 is 16.0 Å². The number of anilines is 3. The number of nitrogens with one attached hydrogen (secondary N) is 3. The van der Waals surface area contributed by atoms with E-state index in [0.29, 0.717) is 30.0 Å². The van der Waals surface area contributed by atoms with Crippen LogP contribution in [0.25, 0.3) is 0 Å². The van der Waals surface area contributed by atoms with Crippen LogP contribution in [0.5, 0.6) is 0 Å². The van der Waals surface area contributed by atoms with Crippen molar-refractivity contribution in [1.29, 1.82) is 0 Å². The predicted molar refractivity (Wildman–Crippen MR) is 109 cm³/mol. The molecule has 0 aliphatic carbocycles. The summed E-state index contributed by atoms with van der Waals surface area (Å²) in [6, 6.07) is 13.6. The van der Waals surface area contributed by atoms with E-state index in [1.165, 1.54) is 6.92 Å². The maximum Gasteiger partial charge on any atom is 0.322 e. The van der Waals surface area contributed by atoms with E-state index in [1.807, 2.05) is 31.2 Å². The van der Waals surface area contributed by atoms with Crippen molar-refractivity contribution in [2.45, 2.75) is 32.7 Å². The molecule has 0 unspecified atom stereocenters. The molecule has 0 radical (unpaired) electrons. The number of rotatable bonds is 4. The van der Waals surface area contributed by atoms with Crippen molar-refractivity contribution < 1.29 is 14.4 Å². The standard InChI is InChI=1S/C21H24N4O3/c1-14-6-3-7-16(12-14)24-21(28)25-11-5-10-19(25)20(27)23-18-9-4-8-17(13-18)22-15(2)26/h3-4,6-9,12-13,19H,5,10-11H2,1-2H3,(H,22,26)(H,23,27)(H,24,28)/t19-/m1/s1. The van der Waals surface area contributed by atoms with Crippen molar-refractivity contribution >= 4 is 34.9 Å². The van der Waals surface area contributed by atoms with Crippen molar-refractivity contribution in [3.8, 4) is 0 Å². The quantitative estimate of drug-likeness (QED) is 0.757. The van der Waals surface area contributed by atoms with Gasteiger partial charge in [-0.2, -0.15) is 0 Å². The highest BCUT2D eigenvalue weighted by atomic mass is 16.2. The van der Waals surface area contributed by atoms with E-state index in [4.69, 9.17) is 0 Å². The smallest absolute Gasteiger partial charge is 0.322 e. The van der Waals surface area contributed by atoms with Gasteiger partial charge in [0.15, 0.2) is 0 Å². The molecule has 0 saturated carbocycles. The zero-order chi connectivity index (χ0) is 20.1. The van der Waals surface area contributed by atoms with Crippen LogP contribution in [0, 0.1) is 6.92 Å². The topological polar surface area (TPSA) is 90.5 Å². The third-order valence-corrected chi connectivity index (χ3v) is 4.54. The third kappa shape index (κ3) is 4.88. The number of amides is 4. The van der Waals surface area contributed by atoms with Crippen LogP contribution in [-0.4, -0.2) is 35.3 Å². The summed E-state index contributed by atoms with van der Waals surface area (Å²) in [5, 5.41) is 8.39. The van der Waals surface area contributed by atoms with Crippen LogP contribution in [0.15, 0.2) is 48.5 Å². The molecule has 0 aromatic heterocycles. The highest BCUT2D eigenvalue weighted by molar-refractivity contribution is 6.00. The largest absolute Gasteiger partial charge is 0.326 e. The molecule has 4 amide bonds. The molecule has 28 heavy (non-hydrogen) atoms. The van der Waals surface area contributed by atoms with Crippen LogP contribution >= 0.6 is 0 Å². The SMILES string of the molecule is CC(=O)Nc1cccc(NC(=O)[C@H]2CCCN2C(=O)Nc2cccc(C)c2)c1. The Morgan fingerprint density at radius 3 is 2.25 bits per heavy atom. The molecule has 1 aliphatic rings. The lowest BCUT2D eigenvalue weighted by Gasteiger charge is -2.24. The Labute approximate surface area is 164 Å². The monoisotopic (exact) mass is 380 g/mol. The van der Waals surface area contributed by atoms with Crippen molar-refractivity contribution in [2.75, 3.05) is 22.5 Å².